The first-order chi connectivity index (χ1) is 8.63. The summed E-state index contributed by atoms with van der Waals surface area (Å²) in [6.45, 7) is 1.76. The lowest BCUT2D eigenvalue weighted by Gasteiger charge is -2.26. The predicted octanol–water partition coefficient (Wildman–Crippen LogP) is 2.39. The predicted molar refractivity (Wildman–Crippen MR) is 80.1 cm³/mol. The van der Waals surface area contributed by atoms with Crippen LogP contribution in [0.2, 0.25) is 0 Å². The maximum Gasteiger partial charge on any atom is 0.293 e. The molecular formula is C12H16IN3O2. The highest BCUT2D eigenvalue weighted by molar-refractivity contribution is 14.1. The van der Waals surface area contributed by atoms with Crippen molar-refractivity contribution in [1.82, 2.24) is 5.32 Å². The SMILES string of the molecule is CNCC1CCCN1c1ccc(I)cc1[N+](=O)[O-]. The average molecular weight is 361 g/mol. The Morgan fingerprint density at radius 1 is 1.61 bits per heavy atom. The minimum atomic E-state index is -0.285. The number of nitrogens with one attached hydrogen (secondary N) is 1. The molecular weight excluding hydrogens is 345 g/mol. The highest BCUT2D eigenvalue weighted by atomic mass is 127. The molecule has 18 heavy (non-hydrogen) atoms. The lowest BCUT2D eigenvalue weighted by atomic mass is 10.2. The van der Waals surface area contributed by atoms with Crippen molar-refractivity contribution in [3.63, 3.8) is 0 Å². The van der Waals surface area contributed by atoms with Crippen LogP contribution >= 0.6 is 22.6 Å². The van der Waals surface area contributed by atoms with E-state index in [0.29, 0.717) is 6.04 Å². The molecule has 5 nitrogen and oxygen atoms in total. The molecule has 1 fully saturated rings. The summed E-state index contributed by atoms with van der Waals surface area (Å²) in [6.07, 6.45) is 2.18. The van der Waals surface area contributed by atoms with E-state index in [1.54, 1.807) is 6.07 Å². The van der Waals surface area contributed by atoms with Gasteiger partial charge in [-0.25, -0.2) is 0 Å². The Labute approximate surface area is 120 Å². The van der Waals surface area contributed by atoms with Crippen molar-refractivity contribution in [3.8, 4) is 0 Å². The first-order valence-electron chi connectivity index (χ1n) is 5.98. The van der Waals surface area contributed by atoms with Crippen LogP contribution in [0.15, 0.2) is 18.2 Å². The highest BCUT2D eigenvalue weighted by Crippen LogP contribution is 2.34. The van der Waals surface area contributed by atoms with Gasteiger partial charge in [-0.15, -0.1) is 0 Å². The summed E-state index contributed by atoms with van der Waals surface area (Å²) in [5.41, 5.74) is 0.961. The number of nitrogens with zero attached hydrogens (tertiary/aromatic N) is 2. The Hall–Kier alpha value is -0.890. The van der Waals surface area contributed by atoms with Crippen LogP contribution in [-0.4, -0.2) is 31.1 Å². The fourth-order valence-electron chi connectivity index (χ4n) is 2.49. The van der Waals surface area contributed by atoms with Crippen LogP contribution in [0.3, 0.4) is 0 Å². The number of rotatable bonds is 4. The van der Waals surface area contributed by atoms with E-state index in [0.717, 1.165) is 35.2 Å². The molecule has 1 aliphatic rings. The molecule has 1 aromatic rings. The first-order valence-corrected chi connectivity index (χ1v) is 7.06. The van der Waals surface area contributed by atoms with Crippen LogP contribution in [0, 0.1) is 13.7 Å². The maximum absolute atomic E-state index is 11.2. The monoisotopic (exact) mass is 361 g/mol. The summed E-state index contributed by atoms with van der Waals surface area (Å²) in [7, 11) is 1.92. The van der Waals surface area contributed by atoms with Crippen LogP contribution in [-0.2, 0) is 0 Å². The van der Waals surface area contributed by atoms with Crippen molar-refractivity contribution >= 4 is 34.0 Å². The Morgan fingerprint density at radius 2 is 2.39 bits per heavy atom. The van der Waals surface area contributed by atoms with Crippen LogP contribution in [0.1, 0.15) is 12.8 Å². The number of benzene rings is 1. The molecule has 1 unspecified atom stereocenters. The number of halogens is 1. The molecule has 98 valence electrons. The van der Waals surface area contributed by atoms with Crippen LogP contribution in [0.5, 0.6) is 0 Å². The van der Waals surface area contributed by atoms with Gasteiger partial charge in [0.05, 0.1) is 4.92 Å². The van der Waals surface area contributed by atoms with Crippen molar-refractivity contribution in [2.24, 2.45) is 0 Å². The van der Waals surface area contributed by atoms with Crippen molar-refractivity contribution in [1.29, 1.82) is 0 Å². The van der Waals surface area contributed by atoms with Crippen LogP contribution in [0.25, 0.3) is 0 Å². The van der Waals surface area contributed by atoms with Gasteiger partial charge in [0.25, 0.3) is 5.69 Å². The van der Waals surface area contributed by atoms with Gasteiger partial charge in [-0.3, -0.25) is 10.1 Å². The van der Waals surface area contributed by atoms with Gasteiger partial charge in [0.15, 0.2) is 0 Å². The second-order valence-electron chi connectivity index (χ2n) is 4.44. The molecule has 0 aromatic heterocycles. The van der Waals surface area contributed by atoms with Gasteiger partial charge in [-0.2, -0.15) is 0 Å². The second kappa shape index (κ2) is 5.83. The Balaban J connectivity index is 2.34. The van der Waals surface area contributed by atoms with Gasteiger partial charge in [0, 0.05) is 28.8 Å². The number of likely N-dealkylation sites (N-methyl/N-ethyl adjacent to an activating group) is 1. The molecule has 6 heteroatoms. The summed E-state index contributed by atoms with van der Waals surface area (Å²) in [4.78, 5) is 13.0. The fourth-order valence-corrected chi connectivity index (χ4v) is 2.96. The summed E-state index contributed by atoms with van der Waals surface area (Å²) in [6, 6.07) is 5.80. The van der Waals surface area contributed by atoms with E-state index < -0.39 is 0 Å². The zero-order chi connectivity index (χ0) is 13.1. The van der Waals surface area contributed by atoms with Crippen molar-refractivity contribution in [2.45, 2.75) is 18.9 Å². The Bertz CT molecular complexity index is 453. The molecule has 1 saturated heterocycles. The maximum atomic E-state index is 11.2. The zero-order valence-electron chi connectivity index (χ0n) is 10.2. The summed E-state index contributed by atoms with van der Waals surface area (Å²) >= 11 is 2.11. The lowest BCUT2D eigenvalue weighted by Crippen LogP contribution is -2.37. The van der Waals surface area contributed by atoms with E-state index in [1.807, 2.05) is 19.2 Å². The number of anilines is 1. The normalized spacial score (nSPS) is 19.2. The number of nitro groups is 1. The minimum Gasteiger partial charge on any atom is -0.362 e. The first kappa shape index (κ1) is 13.5. The molecule has 1 aliphatic heterocycles. The van der Waals surface area contributed by atoms with Gasteiger partial charge in [0.1, 0.15) is 5.69 Å². The summed E-state index contributed by atoms with van der Waals surface area (Å²) in [5.74, 6) is 0. The van der Waals surface area contributed by atoms with E-state index in [9.17, 15) is 10.1 Å². The molecule has 2 rings (SSSR count). The van der Waals surface area contributed by atoms with Gasteiger partial charge in [-0.05, 0) is 54.6 Å². The average Bonchev–Trinajstić information content (AvgIpc) is 2.77. The van der Waals surface area contributed by atoms with Crippen molar-refractivity contribution < 1.29 is 4.92 Å². The largest absolute Gasteiger partial charge is 0.362 e. The molecule has 0 amide bonds. The zero-order valence-corrected chi connectivity index (χ0v) is 12.4. The van der Waals surface area contributed by atoms with E-state index in [1.165, 1.54) is 0 Å². The van der Waals surface area contributed by atoms with E-state index in [-0.39, 0.29) is 10.6 Å². The highest BCUT2D eigenvalue weighted by Gasteiger charge is 2.29. The smallest absolute Gasteiger partial charge is 0.293 e. The molecule has 0 spiro atoms. The molecule has 1 N–H and O–H groups in total. The van der Waals surface area contributed by atoms with E-state index in [2.05, 4.69) is 32.8 Å². The van der Waals surface area contributed by atoms with Crippen molar-refractivity contribution in [3.05, 3.63) is 31.9 Å². The van der Waals surface area contributed by atoms with E-state index >= 15 is 0 Å². The molecule has 1 aromatic carbocycles. The Kier molecular flexibility index (Phi) is 4.39. The number of nitro benzene ring substituents is 1. The number of hydrogen-bond acceptors (Lipinski definition) is 4. The van der Waals surface area contributed by atoms with Gasteiger partial charge in [-0.1, -0.05) is 0 Å². The van der Waals surface area contributed by atoms with Crippen molar-refractivity contribution in [2.75, 3.05) is 25.0 Å². The summed E-state index contributed by atoms with van der Waals surface area (Å²) < 4.78 is 0.896. The molecule has 0 bridgehead atoms. The van der Waals surface area contributed by atoms with Crippen LogP contribution in [0.4, 0.5) is 11.4 Å². The standard InChI is InChI=1S/C12H16IN3O2/c1-14-8-10-3-2-6-15(10)11-5-4-9(13)7-12(11)16(17)18/h4-5,7,10,14H,2-3,6,8H2,1H3. The Morgan fingerprint density at radius 3 is 3.06 bits per heavy atom. The topological polar surface area (TPSA) is 58.4 Å². The van der Waals surface area contributed by atoms with E-state index in [4.69, 9.17) is 0 Å². The summed E-state index contributed by atoms with van der Waals surface area (Å²) in [5, 5.41) is 14.3. The third-order valence-corrected chi connectivity index (χ3v) is 3.93. The van der Waals surface area contributed by atoms with Crippen LogP contribution < -0.4 is 10.2 Å². The fraction of sp³-hybridized carbons (Fsp3) is 0.500. The van der Waals surface area contributed by atoms with Gasteiger partial charge >= 0.3 is 0 Å². The number of hydrogen-bond donors (Lipinski definition) is 1. The minimum absolute atomic E-state index is 0.213. The molecule has 1 heterocycles. The second-order valence-corrected chi connectivity index (χ2v) is 5.68. The molecule has 1 atom stereocenters. The third-order valence-electron chi connectivity index (χ3n) is 3.26. The molecule has 0 aliphatic carbocycles. The quantitative estimate of drug-likeness (QED) is 0.508. The third kappa shape index (κ3) is 2.74. The molecule has 0 radical (unpaired) electrons. The lowest BCUT2D eigenvalue weighted by molar-refractivity contribution is -0.384. The van der Waals surface area contributed by atoms with Gasteiger partial charge in [0.2, 0.25) is 0 Å². The molecule has 0 saturated carbocycles. The van der Waals surface area contributed by atoms with Gasteiger partial charge < -0.3 is 10.2 Å².